The van der Waals surface area contributed by atoms with Gasteiger partial charge in [0.05, 0.1) is 5.69 Å². The van der Waals surface area contributed by atoms with Gasteiger partial charge in [-0.2, -0.15) is 0 Å². The van der Waals surface area contributed by atoms with Crippen LogP contribution >= 0.6 is 0 Å². The van der Waals surface area contributed by atoms with E-state index >= 15 is 0 Å². The zero-order valence-electron chi connectivity index (χ0n) is 10.5. The molecule has 0 saturated carbocycles. The first-order chi connectivity index (χ1) is 9.04. The smallest absolute Gasteiger partial charge is 0.263 e. The number of benzene rings is 1. The van der Waals surface area contributed by atoms with E-state index in [2.05, 4.69) is 9.71 Å². The molecule has 0 aliphatic carbocycles. The fourth-order valence-corrected chi connectivity index (χ4v) is 2.83. The maximum absolute atomic E-state index is 12.2. The van der Waals surface area contributed by atoms with E-state index in [1.54, 1.807) is 18.2 Å². The van der Waals surface area contributed by atoms with Crippen LogP contribution < -0.4 is 10.5 Å². The number of nitrogens with zero attached hydrogens (tertiary/aromatic N) is 1. The van der Waals surface area contributed by atoms with Gasteiger partial charge in [-0.05, 0) is 36.2 Å². The van der Waals surface area contributed by atoms with E-state index in [4.69, 9.17) is 5.73 Å². The summed E-state index contributed by atoms with van der Waals surface area (Å²) in [7, 11) is -3.63. The predicted octanol–water partition coefficient (Wildman–Crippen LogP) is 1.65. The van der Waals surface area contributed by atoms with Crippen LogP contribution in [0.5, 0.6) is 0 Å². The van der Waals surface area contributed by atoms with Crippen LogP contribution in [0.1, 0.15) is 11.1 Å². The van der Waals surface area contributed by atoms with Crippen LogP contribution in [-0.4, -0.2) is 13.4 Å². The minimum atomic E-state index is -3.63. The Hall–Kier alpha value is -1.92. The predicted molar refractivity (Wildman–Crippen MR) is 74.1 cm³/mol. The Morgan fingerprint density at radius 1 is 1.26 bits per heavy atom. The summed E-state index contributed by atoms with van der Waals surface area (Å²) in [5, 5.41) is 0. The fraction of sp³-hybridized carbons (Fsp3) is 0.154. The molecular formula is C13H15N3O2S. The molecule has 0 atom stereocenters. The van der Waals surface area contributed by atoms with E-state index in [0.29, 0.717) is 5.69 Å². The van der Waals surface area contributed by atoms with E-state index in [9.17, 15) is 8.42 Å². The Kier molecular flexibility index (Phi) is 3.82. The molecule has 2 rings (SSSR count). The van der Waals surface area contributed by atoms with E-state index in [-0.39, 0.29) is 11.4 Å². The maximum atomic E-state index is 12.2. The lowest BCUT2D eigenvalue weighted by Crippen LogP contribution is -2.15. The molecule has 0 aliphatic heterocycles. The normalized spacial score (nSPS) is 11.3. The summed E-state index contributed by atoms with van der Waals surface area (Å²) in [6.07, 6.45) is 2.83. The third-order valence-electron chi connectivity index (χ3n) is 2.80. The van der Waals surface area contributed by atoms with Crippen LogP contribution in [0.3, 0.4) is 0 Å². The number of hydrogen-bond donors (Lipinski definition) is 2. The molecule has 19 heavy (non-hydrogen) atoms. The third kappa shape index (κ3) is 2.91. The van der Waals surface area contributed by atoms with Crippen LogP contribution in [0.15, 0.2) is 47.6 Å². The van der Waals surface area contributed by atoms with E-state index < -0.39 is 10.0 Å². The summed E-state index contributed by atoms with van der Waals surface area (Å²) in [6, 6.07) is 8.45. The number of pyridine rings is 1. The van der Waals surface area contributed by atoms with Gasteiger partial charge >= 0.3 is 0 Å². The van der Waals surface area contributed by atoms with Crippen molar-refractivity contribution in [2.75, 3.05) is 4.72 Å². The average Bonchev–Trinajstić information content (AvgIpc) is 2.40. The first-order valence-electron chi connectivity index (χ1n) is 5.76. The summed E-state index contributed by atoms with van der Waals surface area (Å²) in [4.78, 5) is 3.93. The fourth-order valence-electron chi connectivity index (χ4n) is 1.78. The molecule has 100 valence electrons. The molecule has 1 heterocycles. The highest BCUT2D eigenvalue weighted by atomic mass is 32.2. The highest BCUT2D eigenvalue weighted by Gasteiger charge is 2.16. The van der Waals surface area contributed by atoms with Crippen molar-refractivity contribution in [3.63, 3.8) is 0 Å². The van der Waals surface area contributed by atoms with Gasteiger partial charge in [0.2, 0.25) is 0 Å². The monoisotopic (exact) mass is 277 g/mol. The van der Waals surface area contributed by atoms with Crippen molar-refractivity contribution >= 4 is 15.7 Å². The van der Waals surface area contributed by atoms with Crippen LogP contribution in [0.4, 0.5) is 5.69 Å². The quantitative estimate of drug-likeness (QED) is 0.889. The molecule has 5 nitrogen and oxygen atoms in total. The van der Waals surface area contributed by atoms with Crippen molar-refractivity contribution in [3.8, 4) is 0 Å². The maximum Gasteiger partial charge on any atom is 0.263 e. The minimum Gasteiger partial charge on any atom is -0.326 e. The molecule has 2 aromatic rings. The van der Waals surface area contributed by atoms with Gasteiger partial charge in [0, 0.05) is 18.9 Å². The molecule has 0 amide bonds. The lowest BCUT2D eigenvalue weighted by Gasteiger charge is -2.13. The van der Waals surface area contributed by atoms with E-state index in [1.165, 1.54) is 18.5 Å². The average molecular weight is 277 g/mol. The van der Waals surface area contributed by atoms with Crippen molar-refractivity contribution in [3.05, 3.63) is 53.9 Å². The lowest BCUT2D eigenvalue weighted by molar-refractivity contribution is 0.600. The Morgan fingerprint density at radius 3 is 2.68 bits per heavy atom. The molecule has 0 unspecified atom stereocenters. The highest BCUT2D eigenvalue weighted by molar-refractivity contribution is 7.92. The van der Waals surface area contributed by atoms with Crippen LogP contribution in [-0.2, 0) is 16.6 Å². The molecule has 3 N–H and O–H groups in total. The van der Waals surface area contributed by atoms with Crippen LogP contribution in [0, 0.1) is 6.92 Å². The molecular weight excluding hydrogens is 262 g/mol. The topological polar surface area (TPSA) is 85.1 Å². The second kappa shape index (κ2) is 5.38. The Morgan fingerprint density at radius 2 is 2.05 bits per heavy atom. The highest BCUT2D eigenvalue weighted by Crippen LogP contribution is 2.22. The number of hydrogen-bond acceptors (Lipinski definition) is 4. The summed E-state index contributed by atoms with van der Waals surface area (Å²) in [5.41, 5.74) is 7.91. The van der Waals surface area contributed by atoms with Gasteiger partial charge in [-0.1, -0.05) is 12.1 Å². The molecule has 0 fully saturated rings. The first kappa shape index (κ1) is 13.5. The van der Waals surface area contributed by atoms with Crippen LogP contribution in [0.2, 0.25) is 0 Å². The van der Waals surface area contributed by atoms with Gasteiger partial charge in [0.25, 0.3) is 10.0 Å². The van der Waals surface area contributed by atoms with Gasteiger partial charge < -0.3 is 5.73 Å². The summed E-state index contributed by atoms with van der Waals surface area (Å²) in [5.74, 6) is 0. The second-order valence-electron chi connectivity index (χ2n) is 4.10. The molecule has 0 bridgehead atoms. The summed E-state index contributed by atoms with van der Waals surface area (Å²) >= 11 is 0. The number of rotatable bonds is 4. The van der Waals surface area contributed by atoms with Crippen molar-refractivity contribution in [1.29, 1.82) is 0 Å². The van der Waals surface area contributed by atoms with E-state index in [1.807, 2.05) is 13.0 Å². The molecule has 0 radical (unpaired) electrons. The largest absolute Gasteiger partial charge is 0.326 e. The molecule has 1 aromatic carbocycles. The van der Waals surface area contributed by atoms with Gasteiger partial charge in [0.1, 0.15) is 4.90 Å². The summed E-state index contributed by atoms with van der Waals surface area (Å²) in [6.45, 7) is 2.17. The molecule has 1 aromatic heterocycles. The van der Waals surface area contributed by atoms with Crippen molar-refractivity contribution in [1.82, 2.24) is 4.98 Å². The number of nitrogens with one attached hydrogen (secondary N) is 1. The van der Waals surface area contributed by atoms with Gasteiger partial charge in [-0.15, -0.1) is 0 Å². The van der Waals surface area contributed by atoms with Gasteiger partial charge in [-0.25, -0.2) is 8.42 Å². The standard InChI is InChI=1S/C13H15N3O2S/c1-10-4-2-6-13(12(10)8-14)16-19(17,18)11-5-3-7-15-9-11/h2-7,9,16H,8,14H2,1H3. The second-order valence-corrected chi connectivity index (χ2v) is 5.78. The Bertz CT molecular complexity index is 670. The van der Waals surface area contributed by atoms with Crippen molar-refractivity contribution in [2.24, 2.45) is 5.73 Å². The number of anilines is 1. The molecule has 0 saturated heterocycles. The minimum absolute atomic E-state index is 0.125. The Labute approximate surface area is 112 Å². The zero-order chi connectivity index (χ0) is 13.9. The number of aryl methyl sites for hydroxylation is 1. The number of aromatic nitrogens is 1. The zero-order valence-corrected chi connectivity index (χ0v) is 11.3. The number of sulfonamides is 1. The SMILES string of the molecule is Cc1cccc(NS(=O)(=O)c2cccnc2)c1CN. The lowest BCUT2D eigenvalue weighted by atomic mass is 10.1. The van der Waals surface area contributed by atoms with Crippen LogP contribution in [0.25, 0.3) is 0 Å². The molecule has 6 heteroatoms. The Balaban J connectivity index is 2.39. The van der Waals surface area contributed by atoms with Crippen molar-refractivity contribution < 1.29 is 8.42 Å². The van der Waals surface area contributed by atoms with Gasteiger partial charge in [-0.3, -0.25) is 9.71 Å². The molecule has 0 spiro atoms. The first-order valence-corrected chi connectivity index (χ1v) is 7.24. The third-order valence-corrected chi connectivity index (χ3v) is 4.15. The van der Waals surface area contributed by atoms with E-state index in [0.717, 1.165) is 11.1 Å². The summed E-state index contributed by atoms with van der Waals surface area (Å²) < 4.78 is 26.9. The van der Waals surface area contributed by atoms with Gasteiger partial charge in [0.15, 0.2) is 0 Å². The van der Waals surface area contributed by atoms with Crippen molar-refractivity contribution in [2.45, 2.75) is 18.4 Å². The molecule has 0 aliphatic rings. The number of nitrogens with two attached hydrogens (primary N) is 1.